The first-order chi connectivity index (χ1) is 9.47. The molecular weight excluding hydrogens is 348 g/mol. The molecule has 9 heteroatoms. The van der Waals surface area contributed by atoms with Crippen molar-refractivity contribution in [3.63, 3.8) is 0 Å². The SMILES string of the molecule is CCC(NS(=O)(=O)c1cc(CN)oc1Br)c1ncc[nH]1. The van der Waals surface area contributed by atoms with E-state index < -0.39 is 16.1 Å². The summed E-state index contributed by atoms with van der Waals surface area (Å²) in [6, 6.07) is 0.972. The molecule has 1 unspecified atom stereocenters. The van der Waals surface area contributed by atoms with Gasteiger partial charge in [-0.2, -0.15) is 0 Å². The number of nitrogens with two attached hydrogens (primary N) is 1. The fourth-order valence-corrected chi connectivity index (χ4v) is 4.01. The molecule has 0 aliphatic heterocycles. The van der Waals surface area contributed by atoms with Crippen LogP contribution < -0.4 is 10.5 Å². The summed E-state index contributed by atoms with van der Waals surface area (Å²) in [6.45, 7) is 1.99. The molecule has 0 aromatic carbocycles. The van der Waals surface area contributed by atoms with Gasteiger partial charge in [-0.05, 0) is 22.4 Å². The van der Waals surface area contributed by atoms with Crippen molar-refractivity contribution in [2.24, 2.45) is 5.73 Å². The molecular formula is C11H15BrN4O3S. The lowest BCUT2D eigenvalue weighted by Crippen LogP contribution is -2.29. The molecule has 0 amide bonds. The second-order valence-corrected chi connectivity index (χ2v) is 6.51. The first-order valence-corrected chi connectivity index (χ1v) is 8.25. The molecule has 0 spiro atoms. The van der Waals surface area contributed by atoms with Gasteiger partial charge >= 0.3 is 0 Å². The maximum Gasteiger partial charge on any atom is 0.245 e. The summed E-state index contributed by atoms with van der Waals surface area (Å²) in [5.41, 5.74) is 5.44. The Balaban J connectivity index is 2.28. The minimum absolute atomic E-state index is 0.0305. The largest absolute Gasteiger partial charge is 0.452 e. The minimum atomic E-state index is -3.72. The van der Waals surface area contributed by atoms with E-state index >= 15 is 0 Å². The van der Waals surface area contributed by atoms with Crippen LogP contribution in [0.15, 0.2) is 32.4 Å². The van der Waals surface area contributed by atoms with Crippen molar-refractivity contribution >= 4 is 26.0 Å². The molecule has 7 nitrogen and oxygen atoms in total. The van der Waals surface area contributed by atoms with Crippen molar-refractivity contribution in [1.82, 2.24) is 14.7 Å². The maximum absolute atomic E-state index is 12.4. The van der Waals surface area contributed by atoms with E-state index in [9.17, 15) is 8.42 Å². The maximum atomic E-state index is 12.4. The highest BCUT2D eigenvalue weighted by Crippen LogP contribution is 2.27. The van der Waals surface area contributed by atoms with Crippen LogP contribution in [0.1, 0.15) is 31.0 Å². The Bertz CT molecular complexity index is 666. The number of aromatic amines is 1. The molecule has 0 radical (unpaired) electrons. The highest BCUT2D eigenvalue weighted by molar-refractivity contribution is 9.10. The summed E-state index contributed by atoms with van der Waals surface area (Å²) in [5, 5.41) is 0. The summed E-state index contributed by atoms with van der Waals surface area (Å²) in [6.07, 6.45) is 3.78. The molecule has 0 saturated heterocycles. The minimum Gasteiger partial charge on any atom is -0.452 e. The van der Waals surface area contributed by atoms with E-state index in [2.05, 4.69) is 30.6 Å². The predicted octanol–water partition coefficient (Wildman–Crippen LogP) is 1.65. The Morgan fingerprint density at radius 3 is 2.85 bits per heavy atom. The molecule has 0 aliphatic rings. The highest BCUT2D eigenvalue weighted by Gasteiger charge is 2.26. The van der Waals surface area contributed by atoms with Gasteiger partial charge in [0.2, 0.25) is 10.0 Å². The standard InChI is InChI=1S/C11H15BrN4O3S/c1-2-8(11-14-3-4-15-11)16-20(17,18)9-5-7(6-13)19-10(9)12/h3-5,8,16H,2,6,13H2,1H3,(H,14,15). The third-order valence-corrected chi connectivity index (χ3v) is 5.08. The molecule has 2 heterocycles. The highest BCUT2D eigenvalue weighted by atomic mass is 79.9. The molecule has 4 N–H and O–H groups in total. The first kappa shape index (κ1) is 15.2. The molecule has 110 valence electrons. The smallest absolute Gasteiger partial charge is 0.245 e. The average molecular weight is 363 g/mol. The summed E-state index contributed by atoms with van der Waals surface area (Å²) >= 11 is 3.09. The summed E-state index contributed by atoms with van der Waals surface area (Å²) in [7, 11) is -3.72. The van der Waals surface area contributed by atoms with Crippen LogP contribution in [0.4, 0.5) is 0 Å². The van der Waals surface area contributed by atoms with E-state index in [1.807, 2.05) is 6.92 Å². The number of furan rings is 1. The predicted molar refractivity (Wildman–Crippen MR) is 76.2 cm³/mol. The average Bonchev–Trinajstić information content (AvgIpc) is 3.05. The third kappa shape index (κ3) is 3.11. The number of aromatic nitrogens is 2. The van der Waals surface area contributed by atoms with Crippen LogP contribution in [0.3, 0.4) is 0 Å². The van der Waals surface area contributed by atoms with Gasteiger partial charge in [0.05, 0.1) is 12.6 Å². The Kier molecular flexibility index (Phi) is 4.63. The Morgan fingerprint density at radius 1 is 1.60 bits per heavy atom. The van der Waals surface area contributed by atoms with Crippen LogP contribution in [-0.2, 0) is 16.6 Å². The van der Waals surface area contributed by atoms with Crippen molar-refractivity contribution in [3.05, 3.63) is 34.7 Å². The van der Waals surface area contributed by atoms with Gasteiger partial charge in [-0.15, -0.1) is 0 Å². The Morgan fingerprint density at radius 2 is 2.35 bits per heavy atom. The number of sulfonamides is 1. The number of imidazole rings is 1. The van der Waals surface area contributed by atoms with E-state index in [0.29, 0.717) is 18.0 Å². The fourth-order valence-electron chi connectivity index (χ4n) is 1.73. The number of hydrogen-bond acceptors (Lipinski definition) is 5. The summed E-state index contributed by atoms with van der Waals surface area (Å²) < 4.78 is 32.7. The van der Waals surface area contributed by atoms with Crippen molar-refractivity contribution < 1.29 is 12.8 Å². The van der Waals surface area contributed by atoms with Gasteiger partial charge in [0, 0.05) is 18.5 Å². The summed E-state index contributed by atoms with van der Waals surface area (Å²) in [4.78, 5) is 7.00. The van der Waals surface area contributed by atoms with Crippen LogP contribution in [-0.4, -0.2) is 18.4 Å². The van der Waals surface area contributed by atoms with Crippen LogP contribution in [0, 0.1) is 0 Å². The monoisotopic (exact) mass is 362 g/mol. The zero-order valence-electron chi connectivity index (χ0n) is 10.8. The van der Waals surface area contributed by atoms with Crippen molar-refractivity contribution in [1.29, 1.82) is 0 Å². The number of rotatable bonds is 6. The van der Waals surface area contributed by atoms with Gasteiger partial charge in [-0.3, -0.25) is 0 Å². The van der Waals surface area contributed by atoms with Crippen molar-refractivity contribution in [3.8, 4) is 0 Å². The topological polar surface area (TPSA) is 114 Å². The number of nitrogens with zero attached hydrogens (tertiary/aromatic N) is 1. The molecule has 0 saturated carbocycles. The van der Waals surface area contributed by atoms with Crippen LogP contribution in [0.5, 0.6) is 0 Å². The number of H-pyrrole nitrogens is 1. The molecule has 2 aromatic rings. The number of nitrogens with one attached hydrogen (secondary N) is 2. The molecule has 20 heavy (non-hydrogen) atoms. The van der Waals surface area contributed by atoms with E-state index in [4.69, 9.17) is 10.2 Å². The molecule has 2 rings (SSSR count). The van der Waals surface area contributed by atoms with Gasteiger partial charge in [-0.1, -0.05) is 6.92 Å². The van der Waals surface area contributed by atoms with Crippen LogP contribution in [0.25, 0.3) is 0 Å². The number of halogens is 1. The molecule has 2 aromatic heterocycles. The summed E-state index contributed by atoms with van der Waals surface area (Å²) in [5.74, 6) is 0.957. The van der Waals surface area contributed by atoms with Crippen molar-refractivity contribution in [2.75, 3.05) is 0 Å². The molecule has 0 fully saturated rings. The van der Waals surface area contributed by atoms with E-state index in [1.165, 1.54) is 6.07 Å². The first-order valence-electron chi connectivity index (χ1n) is 5.97. The van der Waals surface area contributed by atoms with Gasteiger partial charge < -0.3 is 15.1 Å². The van der Waals surface area contributed by atoms with E-state index in [-0.39, 0.29) is 16.1 Å². The lowest BCUT2D eigenvalue weighted by atomic mass is 10.2. The third-order valence-electron chi connectivity index (χ3n) is 2.75. The van der Waals surface area contributed by atoms with Crippen LogP contribution >= 0.6 is 15.9 Å². The lowest BCUT2D eigenvalue weighted by Gasteiger charge is -2.14. The van der Waals surface area contributed by atoms with Gasteiger partial charge in [-0.25, -0.2) is 18.1 Å². The van der Waals surface area contributed by atoms with Gasteiger partial charge in [0.25, 0.3) is 0 Å². The Labute approximate surface area is 125 Å². The van der Waals surface area contributed by atoms with Crippen LogP contribution in [0.2, 0.25) is 0 Å². The molecule has 1 atom stereocenters. The normalized spacial score (nSPS) is 13.6. The zero-order valence-corrected chi connectivity index (χ0v) is 13.2. The van der Waals surface area contributed by atoms with Crippen molar-refractivity contribution in [2.45, 2.75) is 30.8 Å². The fraction of sp³-hybridized carbons (Fsp3) is 0.364. The molecule has 0 bridgehead atoms. The quantitative estimate of drug-likeness (QED) is 0.722. The van der Waals surface area contributed by atoms with Gasteiger partial charge in [0.1, 0.15) is 16.5 Å². The zero-order chi connectivity index (χ0) is 14.8. The lowest BCUT2D eigenvalue weighted by molar-refractivity contribution is 0.482. The van der Waals surface area contributed by atoms with Gasteiger partial charge in [0.15, 0.2) is 4.67 Å². The number of hydrogen-bond donors (Lipinski definition) is 3. The van der Waals surface area contributed by atoms with E-state index in [0.717, 1.165) is 0 Å². The Hall–Kier alpha value is -1.16. The van der Waals surface area contributed by atoms with E-state index in [1.54, 1.807) is 12.4 Å². The second-order valence-electron chi connectivity index (χ2n) is 4.11. The second kappa shape index (κ2) is 6.08. The molecule has 0 aliphatic carbocycles.